The highest BCUT2D eigenvalue weighted by Crippen LogP contribution is 2.45. The van der Waals surface area contributed by atoms with Crippen LogP contribution in [0.15, 0.2) is 39.5 Å². The lowest BCUT2D eigenvalue weighted by molar-refractivity contribution is -0.268. The van der Waals surface area contributed by atoms with E-state index < -0.39 is 41.9 Å². The first-order chi connectivity index (χ1) is 16.2. The number of hydrogen-bond acceptors (Lipinski definition) is 11. The summed E-state index contributed by atoms with van der Waals surface area (Å²) in [5, 5.41) is 50.4. The molecule has 34 heavy (non-hydrogen) atoms. The molecule has 5 atom stereocenters. The van der Waals surface area contributed by atoms with Crippen LogP contribution in [0.2, 0.25) is 0 Å². The molecule has 2 aromatic carbocycles. The van der Waals surface area contributed by atoms with Crippen molar-refractivity contribution in [2.24, 2.45) is 0 Å². The number of aliphatic hydroxyl groups excluding tert-OH is 3. The fourth-order valence-electron chi connectivity index (χ4n) is 3.76. The molecular weight excluding hydrogens is 452 g/mol. The Morgan fingerprint density at radius 1 is 0.912 bits per heavy atom. The predicted molar refractivity (Wildman–Crippen MR) is 117 cm³/mol. The van der Waals surface area contributed by atoms with Crippen LogP contribution in [0.3, 0.4) is 0 Å². The van der Waals surface area contributed by atoms with Gasteiger partial charge in [0.1, 0.15) is 35.0 Å². The van der Waals surface area contributed by atoms with Crippen molar-refractivity contribution >= 4 is 11.0 Å². The molecule has 1 aliphatic heterocycles. The zero-order valence-corrected chi connectivity index (χ0v) is 18.5. The Kier molecular flexibility index (Phi) is 6.28. The van der Waals surface area contributed by atoms with E-state index in [0.717, 1.165) is 0 Å². The third-order valence-electron chi connectivity index (χ3n) is 5.63. The van der Waals surface area contributed by atoms with Gasteiger partial charge in [0.25, 0.3) is 0 Å². The Morgan fingerprint density at radius 2 is 1.59 bits per heavy atom. The number of methoxy groups -OCH3 is 2. The van der Waals surface area contributed by atoms with Crippen molar-refractivity contribution in [1.82, 2.24) is 0 Å². The smallest absolute Gasteiger partial charge is 0.238 e. The topological polar surface area (TPSA) is 168 Å². The van der Waals surface area contributed by atoms with Crippen molar-refractivity contribution in [3.63, 3.8) is 0 Å². The fraction of sp³-hybridized carbons (Fsp3) is 0.348. The molecular formula is C23H24O11. The van der Waals surface area contributed by atoms with Crippen LogP contribution in [-0.2, 0) is 4.74 Å². The van der Waals surface area contributed by atoms with Crippen LogP contribution in [-0.4, -0.2) is 70.5 Å². The SMILES string of the molecule is COc1cc2oc(-c3ccc(O)cc3)c(O)c(=O)c2c(O[C@@H]2OC(C)[C@H](O)[C@H](O)C2O)c1OC. The van der Waals surface area contributed by atoms with Crippen LogP contribution >= 0.6 is 0 Å². The van der Waals surface area contributed by atoms with Gasteiger partial charge >= 0.3 is 0 Å². The average Bonchev–Trinajstić information content (AvgIpc) is 2.83. The molecule has 0 bridgehead atoms. The standard InChI is InChI=1S/C23H24O11/c1-9-15(25)17(27)19(29)23(32-9)34-22-14-12(8-13(30-2)21(22)31-3)33-20(18(28)16(14)26)10-4-6-11(24)7-5-10/h4-9,15,17,19,23-25,27-29H,1-3H3/t9?,15-,17-,19?,23-/m0/s1. The number of fused-ring (bicyclic) bond motifs is 1. The van der Waals surface area contributed by atoms with E-state index in [1.807, 2.05) is 0 Å². The van der Waals surface area contributed by atoms with E-state index >= 15 is 0 Å². The molecule has 4 rings (SSSR count). The van der Waals surface area contributed by atoms with E-state index in [9.17, 15) is 30.3 Å². The van der Waals surface area contributed by atoms with Gasteiger partial charge < -0.3 is 48.9 Å². The molecule has 5 N–H and O–H groups in total. The Morgan fingerprint density at radius 3 is 2.21 bits per heavy atom. The van der Waals surface area contributed by atoms with E-state index in [0.29, 0.717) is 5.56 Å². The number of phenols is 1. The van der Waals surface area contributed by atoms with E-state index in [1.165, 1.54) is 51.5 Å². The summed E-state index contributed by atoms with van der Waals surface area (Å²) >= 11 is 0. The molecule has 0 amide bonds. The maximum atomic E-state index is 13.3. The molecule has 3 aromatic rings. The summed E-state index contributed by atoms with van der Waals surface area (Å²) in [5.41, 5.74) is -0.597. The summed E-state index contributed by atoms with van der Waals surface area (Å²) in [6.45, 7) is 1.47. The molecule has 1 saturated heterocycles. The van der Waals surface area contributed by atoms with Gasteiger partial charge in [0.15, 0.2) is 17.3 Å². The first-order valence-electron chi connectivity index (χ1n) is 10.3. The monoisotopic (exact) mass is 476 g/mol. The third kappa shape index (κ3) is 3.88. The van der Waals surface area contributed by atoms with Gasteiger partial charge in [0, 0.05) is 11.6 Å². The van der Waals surface area contributed by atoms with Gasteiger partial charge in [-0.3, -0.25) is 4.79 Å². The van der Waals surface area contributed by atoms with Crippen molar-refractivity contribution in [3.05, 3.63) is 40.6 Å². The number of rotatable bonds is 5. The van der Waals surface area contributed by atoms with E-state index in [-0.39, 0.29) is 39.7 Å². The molecule has 0 radical (unpaired) electrons. The second kappa shape index (κ2) is 9.03. The van der Waals surface area contributed by atoms with Crippen LogP contribution in [0, 0.1) is 0 Å². The second-order valence-corrected chi connectivity index (χ2v) is 7.77. The van der Waals surface area contributed by atoms with Gasteiger partial charge in [0.05, 0.1) is 20.3 Å². The number of hydrogen-bond donors (Lipinski definition) is 5. The van der Waals surface area contributed by atoms with Gasteiger partial charge in [-0.2, -0.15) is 0 Å². The second-order valence-electron chi connectivity index (χ2n) is 7.77. The summed E-state index contributed by atoms with van der Waals surface area (Å²) < 4.78 is 27.8. The Balaban J connectivity index is 1.92. The fourth-order valence-corrected chi connectivity index (χ4v) is 3.76. The van der Waals surface area contributed by atoms with Crippen molar-refractivity contribution in [2.45, 2.75) is 37.6 Å². The highest BCUT2D eigenvalue weighted by Gasteiger charge is 2.44. The van der Waals surface area contributed by atoms with Crippen LogP contribution in [0.5, 0.6) is 28.7 Å². The normalized spacial score (nSPS) is 24.7. The van der Waals surface area contributed by atoms with Gasteiger partial charge in [-0.15, -0.1) is 0 Å². The lowest BCUT2D eigenvalue weighted by Gasteiger charge is -2.39. The van der Waals surface area contributed by atoms with E-state index in [4.69, 9.17) is 23.4 Å². The minimum Gasteiger partial charge on any atom is -0.508 e. The Hall–Kier alpha value is -3.51. The summed E-state index contributed by atoms with van der Waals surface area (Å²) in [5.74, 6) is -1.11. The van der Waals surface area contributed by atoms with Crippen molar-refractivity contribution in [1.29, 1.82) is 0 Å². The van der Waals surface area contributed by atoms with E-state index in [1.54, 1.807) is 0 Å². The van der Waals surface area contributed by atoms with E-state index in [2.05, 4.69) is 0 Å². The van der Waals surface area contributed by atoms with Crippen molar-refractivity contribution in [2.75, 3.05) is 14.2 Å². The first kappa shape index (κ1) is 23.6. The lowest BCUT2D eigenvalue weighted by atomic mass is 10.00. The summed E-state index contributed by atoms with van der Waals surface area (Å²) in [6.07, 6.45) is -7.02. The quantitative estimate of drug-likeness (QED) is 0.357. The van der Waals surface area contributed by atoms with Gasteiger partial charge in [-0.1, -0.05) is 0 Å². The molecule has 1 aromatic heterocycles. The van der Waals surface area contributed by atoms with Crippen LogP contribution in [0.25, 0.3) is 22.3 Å². The van der Waals surface area contributed by atoms with Crippen LogP contribution < -0.4 is 19.6 Å². The maximum absolute atomic E-state index is 13.3. The van der Waals surface area contributed by atoms with Gasteiger partial charge in [-0.05, 0) is 31.2 Å². The van der Waals surface area contributed by atoms with Crippen LogP contribution in [0.4, 0.5) is 0 Å². The average molecular weight is 476 g/mol. The Labute approximate surface area is 192 Å². The summed E-state index contributed by atoms with van der Waals surface area (Å²) in [4.78, 5) is 13.3. The predicted octanol–water partition coefficient (Wildman–Crippen LogP) is 1.09. The van der Waals surface area contributed by atoms with Crippen molar-refractivity contribution in [3.8, 4) is 40.1 Å². The third-order valence-corrected chi connectivity index (χ3v) is 5.63. The molecule has 2 heterocycles. The van der Waals surface area contributed by atoms with Crippen LogP contribution in [0.1, 0.15) is 6.92 Å². The molecule has 0 spiro atoms. The molecule has 11 nitrogen and oxygen atoms in total. The summed E-state index contributed by atoms with van der Waals surface area (Å²) in [6, 6.07) is 7.01. The van der Waals surface area contributed by atoms with Crippen molar-refractivity contribution < 1.29 is 48.9 Å². The molecule has 0 saturated carbocycles. The molecule has 2 unspecified atom stereocenters. The largest absolute Gasteiger partial charge is 0.508 e. The zero-order chi connectivity index (χ0) is 24.7. The number of benzene rings is 2. The number of aliphatic hydroxyl groups is 3. The molecule has 0 aliphatic carbocycles. The van der Waals surface area contributed by atoms with Gasteiger partial charge in [0.2, 0.25) is 23.2 Å². The minimum absolute atomic E-state index is 0.0129. The van der Waals surface area contributed by atoms with Gasteiger partial charge in [-0.25, -0.2) is 0 Å². The highest BCUT2D eigenvalue weighted by molar-refractivity contribution is 5.91. The lowest BCUT2D eigenvalue weighted by Crippen LogP contribution is -2.58. The Bertz CT molecular complexity index is 1250. The number of phenolic OH excluding ortho intramolecular Hbond substituents is 1. The number of ether oxygens (including phenoxy) is 4. The maximum Gasteiger partial charge on any atom is 0.238 e. The molecule has 1 aliphatic rings. The molecule has 11 heteroatoms. The highest BCUT2D eigenvalue weighted by atomic mass is 16.7. The molecule has 1 fully saturated rings. The number of aromatic hydroxyl groups is 2. The summed E-state index contributed by atoms with van der Waals surface area (Å²) in [7, 11) is 2.64. The first-order valence-corrected chi connectivity index (χ1v) is 10.3. The minimum atomic E-state index is -1.67. The zero-order valence-electron chi connectivity index (χ0n) is 18.5. The molecule has 182 valence electrons.